The molecular formula is C10H9BrO. The van der Waals surface area contributed by atoms with E-state index >= 15 is 0 Å². The van der Waals surface area contributed by atoms with Gasteiger partial charge in [-0.05, 0) is 32.0 Å². The van der Waals surface area contributed by atoms with Gasteiger partial charge in [-0.1, -0.05) is 15.9 Å². The predicted molar refractivity (Wildman–Crippen MR) is 53.4 cm³/mol. The van der Waals surface area contributed by atoms with E-state index in [0.29, 0.717) is 0 Å². The molecule has 0 saturated carbocycles. The molecule has 12 heavy (non-hydrogen) atoms. The fourth-order valence-corrected chi connectivity index (χ4v) is 1.66. The van der Waals surface area contributed by atoms with Crippen molar-refractivity contribution in [2.24, 2.45) is 0 Å². The molecular weight excluding hydrogens is 216 g/mol. The molecule has 62 valence electrons. The number of fused-ring (bicyclic) bond motifs is 1. The number of halogens is 1. The monoisotopic (exact) mass is 224 g/mol. The summed E-state index contributed by atoms with van der Waals surface area (Å²) in [5, 5.41) is 1.17. The zero-order valence-electron chi connectivity index (χ0n) is 7.02. The van der Waals surface area contributed by atoms with Crippen LogP contribution in [0.3, 0.4) is 0 Å². The van der Waals surface area contributed by atoms with Gasteiger partial charge in [-0.3, -0.25) is 0 Å². The van der Waals surface area contributed by atoms with Crippen molar-refractivity contribution < 1.29 is 4.42 Å². The van der Waals surface area contributed by atoms with Gasteiger partial charge in [0.25, 0.3) is 0 Å². The Bertz CT molecular complexity index is 429. The third-order valence-corrected chi connectivity index (χ3v) is 2.85. The van der Waals surface area contributed by atoms with Crippen LogP contribution in [0.25, 0.3) is 11.0 Å². The molecule has 0 aliphatic rings. The van der Waals surface area contributed by atoms with Crippen LogP contribution in [0.4, 0.5) is 0 Å². The van der Waals surface area contributed by atoms with Gasteiger partial charge < -0.3 is 4.42 Å². The van der Waals surface area contributed by atoms with E-state index in [4.69, 9.17) is 4.42 Å². The van der Waals surface area contributed by atoms with Gasteiger partial charge in [0, 0.05) is 15.4 Å². The Labute approximate surface area is 79.5 Å². The average Bonchev–Trinajstić information content (AvgIpc) is 2.39. The van der Waals surface area contributed by atoms with Crippen molar-refractivity contribution in [1.82, 2.24) is 0 Å². The smallest absolute Gasteiger partial charge is 0.138 e. The number of hydrogen-bond acceptors (Lipinski definition) is 1. The van der Waals surface area contributed by atoms with Crippen molar-refractivity contribution in [1.29, 1.82) is 0 Å². The summed E-state index contributed by atoms with van der Waals surface area (Å²) in [6.07, 6.45) is 0. The molecule has 2 heteroatoms. The minimum absolute atomic E-state index is 0.964. The molecule has 1 heterocycles. The fraction of sp³-hybridized carbons (Fsp3) is 0.200. The van der Waals surface area contributed by atoms with Gasteiger partial charge in [0.2, 0.25) is 0 Å². The Balaban J connectivity index is 2.89. The summed E-state index contributed by atoms with van der Waals surface area (Å²) in [4.78, 5) is 0. The highest BCUT2D eigenvalue weighted by atomic mass is 79.9. The van der Waals surface area contributed by atoms with Crippen LogP contribution >= 0.6 is 15.9 Å². The third-order valence-electron chi connectivity index (χ3n) is 1.99. The zero-order chi connectivity index (χ0) is 8.72. The van der Waals surface area contributed by atoms with Crippen molar-refractivity contribution in [3.63, 3.8) is 0 Å². The third kappa shape index (κ3) is 1.07. The number of benzene rings is 1. The molecule has 0 aliphatic carbocycles. The second-order valence-electron chi connectivity index (χ2n) is 2.95. The molecule has 0 amide bonds. The first-order valence-electron chi connectivity index (χ1n) is 3.84. The summed E-state index contributed by atoms with van der Waals surface area (Å²) in [5.41, 5.74) is 2.16. The minimum Gasteiger partial charge on any atom is -0.461 e. The van der Waals surface area contributed by atoms with E-state index in [1.807, 2.05) is 13.0 Å². The van der Waals surface area contributed by atoms with E-state index in [-0.39, 0.29) is 0 Å². The van der Waals surface area contributed by atoms with Gasteiger partial charge in [0.1, 0.15) is 11.3 Å². The highest BCUT2D eigenvalue weighted by molar-refractivity contribution is 9.10. The second-order valence-corrected chi connectivity index (χ2v) is 3.80. The highest BCUT2D eigenvalue weighted by Gasteiger charge is 2.05. The number of furan rings is 1. The van der Waals surface area contributed by atoms with Gasteiger partial charge in [-0.25, -0.2) is 0 Å². The Morgan fingerprint density at radius 2 is 2.00 bits per heavy atom. The fourth-order valence-electron chi connectivity index (χ4n) is 1.35. The van der Waals surface area contributed by atoms with Gasteiger partial charge >= 0.3 is 0 Å². The van der Waals surface area contributed by atoms with E-state index in [1.165, 1.54) is 10.9 Å². The summed E-state index contributed by atoms with van der Waals surface area (Å²) >= 11 is 3.47. The van der Waals surface area contributed by atoms with E-state index in [9.17, 15) is 0 Å². The van der Waals surface area contributed by atoms with Crippen molar-refractivity contribution in [3.05, 3.63) is 34.0 Å². The molecule has 0 atom stereocenters. The lowest BCUT2D eigenvalue weighted by atomic mass is 10.2. The van der Waals surface area contributed by atoms with Crippen LogP contribution in [0.2, 0.25) is 0 Å². The van der Waals surface area contributed by atoms with Crippen LogP contribution in [0.15, 0.2) is 27.1 Å². The first-order chi connectivity index (χ1) is 5.68. The summed E-state index contributed by atoms with van der Waals surface area (Å²) in [7, 11) is 0. The highest BCUT2D eigenvalue weighted by Crippen LogP contribution is 2.27. The summed E-state index contributed by atoms with van der Waals surface area (Å²) < 4.78 is 6.65. The minimum atomic E-state index is 0.964. The number of rotatable bonds is 0. The van der Waals surface area contributed by atoms with E-state index < -0.39 is 0 Å². The first-order valence-corrected chi connectivity index (χ1v) is 4.63. The van der Waals surface area contributed by atoms with Crippen LogP contribution in [0.5, 0.6) is 0 Å². The Morgan fingerprint density at radius 1 is 1.25 bits per heavy atom. The molecule has 0 N–H and O–H groups in total. The van der Waals surface area contributed by atoms with Gasteiger partial charge in [-0.2, -0.15) is 0 Å². The topological polar surface area (TPSA) is 13.1 Å². The van der Waals surface area contributed by atoms with Crippen LogP contribution in [-0.4, -0.2) is 0 Å². The van der Waals surface area contributed by atoms with E-state index in [0.717, 1.165) is 15.8 Å². The Morgan fingerprint density at radius 3 is 2.75 bits per heavy atom. The average molecular weight is 225 g/mol. The lowest BCUT2D eigenvalue weighted by Crippen LogP contribution is -1.74. The maximum absolute atomic E-state index is 5.55. The maximum Gasteiger partial charge on any atom is 0.138 e. The molecule has 0 fully saturated rings. The molecule has 1 aromatic carbocycles. The lowest BCUT2D eigenvalue weighted by molar-refractivity contribution is 0.576. The van der Waals surface area contributed by atoms with Gasteiger partial charge in [-0.15, -0.1) is 0 Å². The molecule has 0 bridgehead atoms. The van der Waals surface area contributed by atoms with Crippen LogP contribution in [0, 0.1) is 13.8 Å². The van der Waals surface area contributed by atoms with E-state index in [2.05, 4.69) is 35.0 Å². The zero-order valence-corrected chi connectivity index (χ0v) is 8.60. The van der Waals surface area contributed by atoms with Gasteiger partial charge in [0.05, 0.1) is 0 Å². The van der Waals surface area contributed by atoms with Crippen molar-refractivity contribution >= 4 is 26.9 Å². The van der Waals surface area contributed by atoms with Crippen LogP contribution in [0.1, 0.15) is 11.3 Å². The molecule has 1 aromatic heterocycles. The summed E-state index contributed by atoms with van der Waals surface area (Å²) in [5.74, 6) is 0.964. The predicted octanol–water partition coefficient (Wildman–Crippen LogP) is 3.81. The molecule has 0 unspecified atom stereocenters. The molecule has 0 radical (unpaired) electrons. The molecule has 0 saturated heterocycles. The largest absolute Gasteiger partial charge is 0.461 e. The Hall–Kier alpha value is -0.760. The van der Waals surface area contributed by atoms with Crippen LogP contribution in [-0.2, 0) is 0 Å². The van der Waals surface area contributed by atoms with Crippen molar-refractivity contribution in [3.8, 4) is 0 Å². The number of aryl methyl sites for hydroxylation is 2. The van der Waals surface area contributed by atoms with E-state index in [1.54, 1.807) is 0 Å². The molecule has 1 nitrogen and oxygen atoms in total. The SMILES string of the molecule is Cc1cc2ccc(Br)c(C)c2o1. The van der Waals surface area contributed by atoms with Crippen LogP contribution < -0.4 is 0 Å². The molecule has 2 aromatic rings. The maximum atomic E-state index is 5.55. The lowest BCUT2D eigenvalue weighted by Gasteiger charge is -1.96. The summed E-state index contributed by atoms with van der Waals surface area (Å²) in [6.45, 7) is 4.02. The number of hydrogen-bond donors (Lipinski definition) is 0. The quantitative estimate of drug-likeness (QED) is 0.664. The summed E-state index contributed by atoms with van der Waals surface area (Å²) in [6, 6.07) is 6.16. The second kappa shape index (κ2) is 2.63. The van der Waals surface area contributed by atoms with Crippen molar-refractivity contribution in [2.75, 3.05) is 0 Å². The molecule has 0 spiro atoms. The first kappa shape index (κ1) is 7.87. The van der Waals surface area contributed by atoms with Gasteiger partial charge in [0.15, 0.2) is 0 Å². The van der Waals surface area contributed by atoms with Crippen molar-refractivity contribution in [2.45, 2.75) is 13.8 Å². The molecule has 0 aliphatic heterocycles. The Kier molecular flexibility index (Phi) is 1.72. The molecule has 2 rings (SSSR count). The normalized spacial score (nSPS) is 10.9. The standard InChI is InChI=1S/C10H9BrO/c1-6-5-8-3-4-9(11)7(2)10(8)12-6/h3-5H,1-2H3.